The van der Waals surface area contributed by atoms with E-state index in [0.29, 0.717) is 11.5 Å². The van der Waals surface area contributed by atoms with Crippen LogP contribution in [0.25, 0.3) is 0 Å². The number of rotatable bonds is 7. The van der Waals surface area contributed by atoms with Crippen LogP contribution in [0.1, 0.15) is 46.0 Å². The molecule has 0 aromatic carbocycles. The number of nitrogens with zero attached hydrogens (tertiary/aromatic N) is 1. The van der Waals surface area contributed by atoms with E-state index < -0.39 is 0 Å². The second kappa shape index (κ2) is 7.91. The SMILES string of the molecule is COC1CN(CC2(CNC(C)C)CCCCC2)CC1OC. The molecule has 2 rings (SSSR count). The van der Waals surface area contributed by atoms with Crippen molar-refractivity contribution >= 4 is 0 Å². The van der Waals surface area contributed by atoms with Crippen molar-refractivity contribution in [1.29, 1.82) is 0 Å². The van der Waals surface area contributed by atoms with Gasteiger partial charge in [0.1, 0.15) is 0 Å². The fourth-order valence-corrected chi connectivity index (χ4v) is 3.99. The summed E-state index contributed by atoms with van der Waals surface area (Å²) in [6.07, 6.45) is 7.36. The van der Waals surface area contributed by atoms with Crippen LogP contribution in [-0.4, -0.2) is 63.5 Å². The highest BCUT2D eigenvalue weighted by molar-refractivity contribution is 4.93. The van der Waals surface area contributed by atoms with Gasteiger partial charge in [-0.25, -0.2) is 0 Å². The summed E-state index contributed by atoms with van der Waals surface area (Å²) in [5.74, 6) is 0. The van der Waals surface area contributed by atoms with Gasteiger partial charge in [0.05, 0.1) is 12.2 Å². The lowest BCUT2D eigenvalue weighted by Gasteiger charge is -2.41. The average Bonchev–Trinajstić information content (AvgIpc) is 2.88. The predicted molar refractivity (Wildman–Crippen MR) is 86.7 cm³/mol. The van der Waals surface area contributed by atoms with Crippen LogP contribution >= 0.6 is 0 Å². The Hall–Kier alpha value is -0.160. The Morgan fingerprint density at radius 2 is 1.62 bits per heavy atom. The van der Waals surface area contributed by atoms with Gasteiger partial charge >= 0.3 is 0 Å². The van der Waals surface area contributed by atoms with Crippen LogP contribution in [0.5, 0.6) is 0 Å². The highest BCUT2D eigenvalue weighted by Crippen LogP contribution is 2.37. The number of hydrogen-bond acceptors (Lipinski definition) is 4. The van der Waals surface area contributed by atoms with Crippen LogP contribution in [0.3, 0.4) is 0 Å². The predicted octanol–water partition coefficient (Wildman–Crippen LogP) is 2.28. The van der Waals surface area contributed by atoms with Gasteiger partial charge in [0.2, 0.25) is 0 Å². The number of methoxy groups -OCH3 is 2. The minimum Gasteiger partial charge on any atom is -0.377 e. The van der Waals surface area contributed by atoms with E-state index in [-0.39, 0.29) is 12.2 Å². The molecular formula is C17H34N2O2. The summed E-state index contributed by atoms with van der Waals surface area (Å²) in [5, 5.41) is 3.69. The van der Waals surface area contributed by atoms with Crippen LogP contribution in [0, 0.1) is 5.41 Å². The van der Waals surface area contributed by atoms with Crippen LogP contribution in [-0.2, 0) is 9.47 Å². The molecule has 1 saturated carbocycles. The summed E-state index contributed by atoms with van der Waals surface area (Å²) >= 11 is 0. The molecule has 4 nitrogen and oxygen atoms in total. The van der Waals surface area contributed by atoms with E-state index in [0.717, 1.165) is 19.6 Å². The minimum atomic E-state index is 0.230. The van der Waals surface area contributed by atoms with Gasteiger partial charge in [-0.2, -0.15) is 0 Å². The zero-order chi connectivity index (χ0) is 15.3. The van der Waals surface area contributed by atoms with Crippen molar-refractivity contribution in [2.24, 2.45) is 5.41 Å². The first-order valence-corrected chi connectivity index (χ1v) is 8.60. The lowest BCUT2D eigenvalue weighted by atomic mass is 9.73. The lowest BCUT2D eigenvalue weighted by Crippen LogP contribution is -2.46. The maximum Gasteiger partial charge on any atom is 0.0971 e. The van der Waals surface area contributed by atoms with E-state index in [1.165, 1.54) is 38.6 Å². The monoisotopic (exact) mass is 298 g/mol. The van der Waals surface area contributed by atoms with E-state index in [9.17, 15) is 0 Å². The zero-order valence-electron chi connectivity index (χ0n) is 14.4. The van der Waals surface area contributed by atoms with Gasteiger partial charge in [0.25, 0.3) is 0 Å². The van der Waals surface area contributed by atoms with Crippen molar-refractivity contribution in [2.45, 2.75) is 64.2 Å². The van der Waals surface area contributed by atoms with Crippen molar-refractivity contribution in [1.82, 2.24) is 10.2 Å². The van der Waals surface area contributed by atoms with Crippen molar-refractivity contribution in [3.8, 4) is 0 Å². The normalized spacial score (nSPS) is 30.1. The molecule has 124 valence electrons. The number of likely N-dealkylation sites (tertiary alicyclic amines) is 1. The molecule has 2 atom stereocenters. The molecule has 21 heavy (non-hydrogen) atoms. The van der Waals surface area contributed by atoms with Gasteiger partial charge < -0.3 is 14.8 Å². The van der Waals surface area contributed by atoms with Gasteiger partial charge in [-0.05, 0) is 18.3 Å². The van der Waals surface area contributed by atoms with Crippen molar-refractivity contribution in [3.63, 3.8) is 0 Å². The third-order valence-electron chi connectivity index (χ3n) is 5.25. The Morgan fingerprint density at radius 1 is 1.05 bits per heavy atom. The molecule has 2 fully saturated rings. The molecule has 2 unspecified atom stereocenters. The summed E-state index contributed by atoms with van der Waals surface area (Å²) < 4.78 is 11.2. The molecule has 0 spiro atoms. The minimum absolute atomic E-state index is 0.230. The summed E-state index contributed by atoms with van der Waals surface area (Å²) in [6.45, 7) is 8.85. The molecule has 2 aliphatic rings. The van der Waals surface area contributed by atoms with Gasteiger partial charge in [-0.15, -0.1) is 0 Å². The van der Waals surface area contributed by atoms with Gasteiger partial charge in [-0.1, -0.05) is 33.1 Å². The van der Waals surface area contributed by atoms with E-state index in [2.05, 4.69) is 24.1 Å². The van der Waals surface area contributed by atoms with Crippen molar-refractivity contribution in [2.75, 3.05) is 40.4 Å². The third-order valence-corrected chi connectivity index (χ3v) is 5.25. The van der Waals surface area contributed by atoms with E-state index in [4.69, 9.17) is 9.47 Å². The van der Waals surface area contributed by atoms with Crippen molar-refractivity contribution in [3.05, 3.63) is 0 Å². The molecule has 1 aliphatic heterocycles. The van der Waals surface area contributed by atoms with Gasteiger partial charge in [0.15, 0.2) is 0 Å². The molecule has 0 bridgehead atoms. The number of nitrogens with one attached hydrogen (secondary N) is 1. The van der Waals surface area contributed by atoms with Crippen molar-refractivity contribution < 1.29 is 9.47 Å². The maximum atomic E-state index is 5.58. The summed E-state index contributed by atoms with van der Waals surface area (Å²) in [6, 6.07) is 0.570. The van der Waals surface area contributed by atoms with Crippen LogP contribution < -0.4 is 5.32 Å². The molecule has 0 aromatic rings. The molecular weight excluding hydrogens is 264 g/mol. The third kappa shape index (κ3) is 4.65. The topological polar surface area (TPSA) is 33.7 Å². The highest BCUT2D eigenvalue weighted by Gasteiger charge is 2.39. The molecule has 1 N–H and O–H groups in total. The molecule has 4 heteroatoms. The fraction of sp³-hybridized carbons (Fsp3) is 1.00. The molecule has 0 radical (unpaired) electrons. The van der Waals surface area contributed by atoms with Gasteiger partial charge in [0, 0.05) is 46.4 Å². The Morgan fingerprint density at radius 3 is 2.10 bits per heavy atom. The zero-order valence-corrected chi connectivity index (χ0v) is 14.4. The van der Waals surface area contributed by atoms with Gasteiger partial charge in [-0.3, -0.25) is 4.90 Å². The first-order valence-electron chi connectivity index (χ1n) is 8.60. The molecule has 0 amide bonds. The van der Waals surface area contributed by atoms with E-state index in [1.54, 1.807) is 14.2 Å². The Labute approximate surface area is 130 Å². The Kier molecular flexibility index (Phi) is 6.48. The second-order valence-electron chi connectivity index (χ2n) is 7.34. The quantitative estimate of drug-likeness (QED) is 0.782. The lowest BCUT2D eigenvalue weighted by molar-refractivity contribution is -0.00461. The summed E-state index contributed by atoms with van der Waals surface area (Å²) in [5.41, 5.74) is 0.448. The number of hydrogen-bond donors (Lipinski definition) is 1. The van der Waals surface area contributed by atoms with Crippen LogP contribution in [0.2, 0.25) is 0 Å². The van der Waals surface area contributed by atoms with Crippen LogP contribution in [0.15, 0.2) is 0 Å². The van der Waals surface area contributed by atoms with E-state index >= 15 is 0 Å². The molecule has 1 saturated heterocycles. The average molecular weight is 298 g/mol. The second-order valence-corrected chi connectivity index (χ2v) is 7.34. The number of ether oxygens (including phenoxy) is 2. The molecule has 1 aliphatic carbocycles. The first-order chi connectivity index (χ1) is 10.1. The highest BCUT2D eigenvalue weighted by atomic mass is 16.5. The first kappa shape index (κ1) is 17.2. The summed E-state index contributed by atoms with van der Waals surface area (Å²) in [4.78, 5) is 2.57. The maximum absolute atomic E-state index is 5.58. The molecule has 1 heterocycles. The Balaban J connectivity index is 1.95. The van der Waals surface area contributed by atoms with E-state index in [1.807, 2.05) is 0 Å². The Bertz CT molecular complexity index is 291. The largest absolute Gasteiger partial charge is 0.377 e. The summed E-state index contributed by atoms with van der Waals surface area (Å²) in [7, 11) is 3.60. The fourth-order valence-electron chi connectivity index (χ4n) is 3.99. The molecule has 0 aromatic heterocycles. The smallest absolute Gasteiger partial charge is 0.0971 e. The standard InChI is InChI=1S/C17H34N2O2/c1-14(2)18-12-17(8-6-5-7-9-17)13-19-10-15(20-3)16(11-19)21-4/h14-16,18H,5-13H2,1-4H3. The van der Waals surface area contributed by atoms with Crippen LogP contribution in [0.4, 0.5) is 0 Å².